The molecule has 0 fully saturated rings. The molecule has 0 amide bonds. The first kappa shape index (κ1) is 21.3. The summed E-state index contributed by atoms with van der Waals surface area (Å²) in [6, 6.07) is 15.9. The minimum atomic E-state index is 0.523. The molecule has 156 valence electrons. The number of nitrogens with zero attached hydrogens (tertiary/aromatic N) is 4. The van der Waals surface area contributed by atoms with Crippen molar-refractivity contribution in [3.05, 3.63) is 72.1 Å². The Kier molecular flexibility index (Phi) is 7.74. The van der Waals surface area contributed by atoms with Gasteiger partial charge in [-0.3, -0.25) is 4.99 Å². The predicted octanol–water partition coefficient (Wildman–Crippen LogP) is 3.90. The molecule has 1 aliphatic rings. The van der Waals surface area contributed by atoms with Gasteiger partial charge in [0.15, 0.2) is 0 Å². The summed E-state index contributed by atoms with van der Waals surface area (Å²) < 4.78 is 10.6. The molecule has 7 heteroatoms. The number of nitrogens with one attached hydrogen (secondary N) is 1. The van der Waals surface area contributed by atoms with E-state index in [1.165, 1.54) is 0 Å². The van der Waals surface area contributed by atoms with Crippen molar-refractivity contribution in [3.8, 4) is 5.75 Å². The van der Waals surface area contributed by atoms with Gasteiger partial charge in [0.05, 0.1) is 25.2 Å². The maximum Gasteiger partial charge on any atom is 0.148 e. The highest BCUT2D eigenvalue weighted by atomic mass is 16.5. The van der Waals surface area contributed by atoms with Crippen molar-refractivity contribution in [1.82, 2.24) is 5.32 Å². The van der Waals surface area contributed by atoms with E-state index in [9.17, 15) is 0 Å². The van der Waals surface area contributed by atoms with Crippen molar-refractivity contribution in [3.63, 3.8) is 0 Å². The van der Waals surface area contributed by atoms with Crippen molar-refractivity contribution in [2.75, 3.05) is 25.3 Å². The Bertz CT molecular complexity index is 935. The van der Waals surface area contributed by atoms with Gasteiger partial charge >= 0.3 is 0 Å². The van der Waals surface area contributed by atoms with E-state index in [1.54, 1.807) is 24.7 Å². The first-order valence-corrected chi connectivity index (χ1v) is 9.77. The molecule has 0 saturated carbocycles. The van der Waals surface area contributed by atoms with E-state index in [-0.39, 0.29) is 0 Å². The quantitative estimate of drug-likeness (QED) is 0.709. The maximum atomic E-state index is 5.58. The van der Waals surface area contributed by atoms with Crippen LogP contribution >= 0.6 is 0 Å². The lowest BCUT2D eigenvalue weighted by atomic mass is 10.2. The second kappa shape index (κ2) is 10.9. The van der Waals surface area contributed by atoms with Crippen LogP contribution in [-0.2, 0) is 11.3 Å². The number of rotatable bonds is 7. The molecule has 2 aromatic carbocycles. The number of aryl methyl sites for hydroxylation is 1. The lowest BCUT2D eigenvalue weighted by molar-refractivity contribution is 0.146. The van der Waals surface area contributed by atoms with Crippen molar-refractivity contribution >= 4 is 24.1 Å². The summed E-state index contributed by atoms with van der Waals surface area (Å²) in [6.07, 6.45) is 3.96. The molecule has 7 nitrogen and oxygen atoms in total. The molecule has 3 rings (SSSR count). The van der Waals surface area contributed by atoms with Gasteiger partial charge in [0.2, 0.25) is 0 Å². The van der Waals surface area contributed by atoms with Crippen LogP contribution < -0.4 is 15.1 Å². The van der Waals surface area contributed by atoms with Gasteiger partial charge in [-0.25, -0.2) is 10.0 Å². The number of hydrogen-bond donors (Lipinski definition) is 1. The fourth-order valence-corrected chi connectivity index (χ4v) is 2.78. The summed E-state index contributed by atoms with van der Waals surface area (Å²) in [5.74, 6) is 2.12. The standard InChI is InChI=1S/C23H27N5O2/c1-18-5-4-6-21(15-18)28-19(2)25-17-26-23(11-12-27-28)24-16-20-7-9-22(10-8-20)30-14-13-29-3/h4-10,12,15,17H,2,11,13-14,16H2,1,3H3,(H,24,25,26)/b27-12-. The van der Waals surface area contributed by atoms with Crippen LogP contribution in [0.15, 0.2) is 76.0 Å². The number of amidine groups is 1. The fraction of sp³-hybridized carbons (Fsp3) is 0.261. The van der Waals surface area contributed by atoms with E-state index in [1.807, 2.05) is 55.5 Å². The molecule has 2 aromatic rings. The van der Waals surface area contributed by atoms with Crippen LogP contribution in [-0.4, -0.2) is 38.7 Å². The second-order valence-electron chi connectivity index (χ2n) is 6.72. The third-order valence-electron chi connectivity index (χ3n) is 4.35. The number of methoxy groups -OCH3 is 1. The summed E-state index contributed by atoms with van der Waals surface area (Å²) in [4.78, 5) is 9.01. The maximum absolute atomic E-state index is 5.58. The molecule has 0 unspecified atom stereocenters. The van der Waals surface area contributed by atoms with E-state index in [0.717, 1.165) is 28.4 Å². The van der Waals surface area contributed by atoms with Gasteiger partial charge in [-0.15, -0.1) is 0 Å². The molecule has 1 aliphatic heterocycles. The smallest absolute Gasteiger partial charge is 0.148 e. The van der Waals surface area contributed by atoms with Crippen molar-refractivity contribution in [2.45, 2.75) is 19.9 Å². The van der Waals surface area contributed by atoms with Crippen molar-refractivity contribution in [2.24, 2.45) is 15.1 Å². The zero-order chi connectivity index (χ0) is 21.2. The zero-order valence-corrected chi connectivity index (χ0v) is 17.4. The Hall–Kier alpha value is -3.45. The monoisotopic (exact) mass is 405 g/mol. The van der Waals surface area contributed by atoms with E-state index in [4.69, 9.17) is 9.47 Å². The SMILES string of the molecule is C=C1/N=C\NC(=NCc2ccc(OCCOC)cc2)C/C=N\N1c1cccc(C)c1. The lowest BCUT2D eigenvalue weighted by Gasteiger charge is -2.18. The minimum absolute atomic E-state index is 0.523. The Labute approximate surface area is 177 Å². The highest BCUT2D eigenvalue weighted by molar-refractivity contribution is 6.00. The number of anilines is 1. The summed E-state index contributed by atoms with van der Waals surface area (Å²) in [5, 5.41) is 9.39. The average molecular weight is 406 g/mol. The van der Waals surface area contributed by atoms with E-state index in [0.29, 0.717) is 32.0 Å². The van der Waals surface area contributed by atoms with Gasteiger partial charge < -0.3 is 14.8 Å². The minimum Gasteiger partial charge on any atom is -0.491 e. The summed E-state index contributed by atoms with van der Waals surface area (Å²) in [5.41, 5.74) is 3.15. The van der Waals surface area contributed by atoms with E-state index in [2.05, 4.69) is 27.0 Å². The van der Waals surface area contributed by atoms with Crippen LogP contribution in [0.25, 0.3) is 0 Å². The normalized spacial score (nSPS) is 17.6. The topological polar surface area (TPSA) is 70.8 Å². The van der Waals surface area contributed by atoms with E-state index < -0.39 is 0 Å². The summed E-state index contributed by atoms with van der Waals surface area (Å²) >= 11 is 0. The van der Waals surface area contributed by atoms with Gasteiger partial charge in [-0.1, -0.05) is 30.8 Å². The Morgan fingerprint density at radius 1 is 1.17 bits per heavy atom. The van der Waals surface area contributed by atoms with Crippen LogP contribution in [0, 0.1) is 6.92 Å². The van der Waals surface area contributed by atoms with Crippen LogP contribution in [0.5, 0.6) is 5.75 Å². The highest BCUT2D eigenvalue weighted by Crippen LogP contribution is 2.21. The third-order valence-corrected chi connectivity index (χ3v) is 4.35. The van der Waals surface area contributed by atoms with Gasteiger partial charge in [0.1, 0.15) is 24.0 Å². The number of benzene rings is 2. The summed E-state index contributed by atoms with van der Waals surface area (Å²) in [7, 11) is 1.66. The molecule has 30 heavy (non-hydrogen) atoms. The Balaban J connectivity index is 1.64. The van der Waals surface area contributed by atoms with Gasteiger partial charge in [0, 0.05) is 19.7 Å². The zero-order valence-electron chi connectivity index (χ0n) is 17.4. The third kappa shape index (κ3) is 6.28. The Morgan fingerprint density at radius 3 is 2.77 bits per heavy atom. The van der Waals surface area contributed by atoms with Gasteiger partial charge in [0.25, 0.3) is 0 Å². The molecule has 0 atom stereocenters. The number of aliphatic imine (C=N–C) groups is 2. The number of hydrogen-bond acceptors (Lipinski definition) is 6. The van der Waals surface area contributed by atoms with Gasteiger partial charge in [-0.05, 0) is 42.3 Å². The molecular formula is C23H27N5O2. The second-order valence-corrected chi connectivity index (χ2v) is 6.72. The summed E-state index contributed by atoms with van der Waals surface area (Å²) in [6.45, 7) is 7.70. The van der Waals surface area contributed by atoms with Crippen molar-refractivity contribution in [1.29, 1.82) is 0 Å². The van der Waals surface area contributed by atoms with Crippen LogP contribution in [0.2, 0.25) is 0 Å². The molecule has 0 spiro atoms. The fourth-order valence-electron chi connectivity index (χ4n) is 2.78. The molecule has 0 saturated heterocycles. The first-order valence-electron chi connectivity index (χ1n) is 9.77. The average Bonchev–Trinajstić information content (AvgIpc) is 2.84. The predicted molar refractivity (Wildman–Crippen MR) is 122 cm³/mol. The molecule has 0 aromatic heterocycles. The Morgan fingerprint density at radius 2 is 2.00 bits per heavy atom. The lowest BCUT2D eigenvalue weighted by Crippen LogP contribution is -2.22. The van der Waals surface area contributed by atoms with Crippen LogP contribution in [0.3, 0.4) is 0 Å². The van der Waals surface area contributed by atoms with Crippen LogP contribution in [0.4, 0.5) is 5.69 Å². The van der Waals surface area contributed by atoms with Crippen LogP contribution in [0.1, 0.15) is 17.5 Å². The molecule has 0 aliphatic carbocycles. The molecular weight excluding hydrogens is 378 g/mol. The molecule has 1 heterocycles. The molecule has 1 N–H and O–H groups in total. The van der Waals surface area contributed by atoms with E-state index >= 15 is 0 Å². The van der Waals surface area contributed by atoms with Gasteiger partial charge in [-0.2, -0.15) is 5.10 Å². The molecule has 0 radical (unpaired) electrons. The van der Waals surface area contributed by atoms with Crippen molar-refractivity contribution < 1.29 is 9.47 Å². The largest absolute Gasteiger partial charge is 0.491 e. The highest BCUT2D eigenvalue weighted by Gasteiger charge is 2.10. The number of ether oxygens (including phenoxy) is 2. The molecule has 0 bridgehead atoms. The number of hydrazone groups is 1. The first-order chi connectivity index (χ1) is 14.7.